The number of para-hydroxylation sites is 2. The van der Waals surface area contributed by atoms with Crippen molar-refractivity contribution in [3.63, 3.8) is 0 Å². The molecule has 0 saturated heterocycles. The number of imidazole rings is 1. The van der Waals surface area contributed by atoms with Gasteiger partial charge < -0.3 is 0 Å². The van der Waals surface area contributed by atoms with Crippen molar-refractivity contribution >= 4 is 75.7 Å². The molecule has 1 heterocycles. The van der Waals surface area contributed by atoms with Crippen molar-refractivity contribution in [1.29, 1.82) is 0 Å². The van der Waals surface area contributed by atoms with E-state index in [9.17, 15) is 0 Å². The monoisotopic (exact) mass is 950 g/mol. The largest absolute Gasteiger partial charge is 0.292 e. The van der Waals surface area contributed by atoms with Crippen LogP contribution in [-0.2, 0) is 0 Å². The van der Waals surface area contributed by atoms with Crippen LogP contribution >= 0.6 is 0 Å². The van der Waals surface area contributed by atoms with E-state index in [4.69, 9.17) is 4.98 Å². The number of hydrogen-bond donors (Lipinski definition) is 0. The van der Waals surface area contributed by atoms with Crippen LogP contribution in [-0.4, -0.2) is 9.55 Å². The number of rotatable bonds is 7. The molecule has 0 aliphatic heterocycles. The minimum absolute atomic E-state index is 0.913. The van der Waals surface area contributed by atoms with Gasteiger partial charge in [-0.2, -0.15) is 0 Å². The van der Waals surface area contributed by atoms with Crippen LogP contribution in [0.4, 0.5) is 0 Å². The van der Waals surface area contributed by atoms with Crippen LogP contribution in [0, 0.1) is 0 Å². The summed E-state index contributed by atoms with van der Waals surface area (Å²) in [5.41, 5.74) is 16.3. The van der Waals surface area contributed by atoms with E-state index >= 15 is 0 Å². The summed E-state index contributed by atoms with van der Waals surface area (Å²) in [6.07, 6.45) is 0. The van der Waals surface area contributed by atoms with Gasteiger partial charge in [-0.05, 0) is 163 Å². The van der Waals surface area contributed by atoms with Gasteiger partial charge in [0.2, 0.25) is 0 Å². The summed E-state index contributed by atoms with van der Waals surface area (Å²) in [6, 6.07) is 102. The molecular formula is C73H46N2. The van der Waals surface area contributed by atoms with E-state index in [2.05, 4.69) is 284 Å². The first-order valence-corrected chi connectivity index (χ1v) is 25.8. The highest BCUT2D eigenvalue weighted by Gasteiger charge is 2.22. The molecular weight excluding hydrogens is 905 g/mol. The minimum atomic E-state index is 0.913. The van der Waals surface area contributed by atoms with Gasteiger partial charge in [-0.3, -0.25) is 4.57 Å². The van der Waals surface area contributed by atoms with Crippen LogP contribution in [0.3, 0.4) is 0 Å². The molecule has 0 saturated carbocycles. The molecule has 75 heavy (non-hydrogen) atoms. The highest BCUT2D eigenvalue weighted by Crippen LogP contribution is 2.49. The lowest BCUT2D eigenvalue weighted by molar-refractivity contribution is 1.10. The fourth-order valence-corrected chi connectivity index (χ4v) is 12.1. The zero-order valence-electron chi connectivity index (χ0n) is 41.0. The van der Waals surface area contributed by atoms with Crippen molar-refractivity contribution in [3.05, 3.63) is 279 Å². The highest BCUT2D eigenvalue weighted by atomic mass is 15.1. The number of benzene rings is 14. The predicted molar refractivity (Wildman–Crippen MR) is 319 cm³/mol. The number of aromatic nitrogens is 2. The van der Waals surface area contributed by atoms with E-state index < -0.39 is 0 Å². The lowest BCUT2D eigenvalue weighted by atomic mass is 9.82. The zero-order chi connectivity index (χ0) is 49.4. The van der Waals surface area contributed by atoms with Crippen molar-refractivity contribution in [1.82, 2.24) is 9.55 Å². The highest BCUT2D eigenvalue weighted by molar-refractivity contribution is 6.25. The maximum absolute atomic E-state index is 5.26. The third kappa shape index (κ3) is 7.06. The van der Waals surface area contributed by atoms with Gasteiger partial charge in [0.25, 0.3) is 0 Å². The van der Waals surface area contributed by atoms with Crippen molar-refractivity contribution in [3.8, 4) is 72.7 Å². The normalized spacial score (nSPS) is 11.7. The van der Waals surface area contributed by atoms with Crippen molar-refractivity contribution < 1.29 is 0 Å². The zero-order valence-corrected chi connectivity index (χ0v) is 41.0. The van der Waals surface area contributed by atoms with Crippen LogP contribution in [0.25, 0.3) is 148 Å². The molecule has 1 aromatic heterocycles. The Morgan fingerprint density at radius 1 is 0.227 bits per heavy atom. The molecule has 0 atom stereocenters. The van der Waals surface area contributed by atoms with Gasteiger partial charge in [0, 0.05) is 11.3 Å². The average molecular weight is 951 g/mol. The Hall–Kier alpha value is -9.89. The lowest BCUT2D eigenvalue weighted by Crippen LogP contribution is -1.98. The third-order valence-electron chi connectivity index (χ3n) is 15.5. The first-order valence-electron chi connectivity index (χ1n) is 25.8. The molecule has 348 valence electrons. The summed E-state index contributed by atoms with van der Waals surface area (Å²) in [6.45, 7) is 0. The SMILES string of the molecule is c1ccc(-c2ccc(-n3c(-c4ccc(-c5c6ccccc6c(-c6ccc7c(-c8ccc9ccccc9c8)c8ccccc8c(-c8ccc9ccccc9c8)c7c6)c6ccccc56)cc4)nc4ccccc43)cc2)cc1. The predicted octanol–water partition coefficient (Wildman–Crippen LogP) is 19.9. The maximum Gasteiger partial charge on any atom is 0.145 e. The standard InChI is InChI=1S/C73H46N2/c1-2-16-47(17-3-1)50-38-41-58(42-39-50)75-68-29-15-14-28-67(68)74-73(75)52-34-32-51(33-35-52)69-59-22-8-10-24-61(59)71(62-25-11-9-23-60(62)69)57-40-43-65-66(46-57)72(56-37-31-49-19-5-7-21-54(49)45-56)64-27-13-12-26-63(64)70(65)55-36-30-48-18-4-6-20-53(48)44-55/h1-46H. The van der Waals surface area contributed by atoms with Gasteiger partial charge >= 0.3 is 0 Å². The van der Waals surface area contributed by atoms with Crippen LogP contribution in [0.1, 0.15) is 0 Å². The molecule has 14 aromatic carbocycles. The van der Waals surface area contributed by atoms with Gasteiger partial charge in [-0.1, -0.05) is 237 Å². The van der Waals surface area contributed by atoms with Gasteiger partial charge in [-0.25, -0.2) is 4.98 Å². The van der Waals surface area contributed by atoms with Crippen molar-refractivity contribution in [2.75, 3.05) is 0 Å². The molecule has 0 unspecified atom stereocenters. The Balaban J connectivity index is 0.918. The fourth-order valence-electron chi connectivity index (χ4n) is 12.1. The second-order valence-corrected chi connectivity index (χ2v) is 19.8. The van der Waals surface area contributed by atoms with Crippen molar-refractivity contribution in [2.24, 2.45) is 0 Å². The third-order valence-corrected chi connectivity index (χ3v) is 15.5. The molecule has 15 rings (SSSR count). The molecule has 0 bridgehead atoms. The fraction of sp³-hybridized carbons (Fsp3) is 0. The van der Waals surface area contributed by atoms with Gasteiger partial charge in [0.15, 0.2) is 0 Å². The van der Waals surface area contributed by atoms with E-state index in [0.29, 0.717) is 0 Å². The summed E-state index contributed by atoms with van der Waals surface area (Å²) in [5, 5.41) is 14.8. The molecule has 0 spiro atoms. The summed E-state index contributed by atoms with van der Waals surface area (Å²) in [7, 11) is 0. The van der Waals surface area contributed by atoms with E-state index in [1.54, 1.807) is 0 Å². The smallest absolute Gasteiger partial charge is 0.145 e. The van der Waals surface area contributed by atoms with E-state index in [0.717, 1.165) is 33.7 Å². The first-order chi connectivity index (χ1) is 37.2. The Morgan fingerprint density at radius 3 is 1.16 bits per heavy atom. The molecule has 0 radical (unpaired) electrons. The van der Waals surface area contributed by atoms with E-state index in [1.165, 1.54) is 115 Å². The molecule has 15 aromatic rings. The van der Waals surface area contributed by atoms with E-state index in [-0.39, 0.29) is 0 Å². The van der Waals surface area contributed by atoms with E-state index in [1.807, 2.05) is 0 Å². The first kappa shape index (κ1) is 42.8. The van der Waals surface area contributed by atoms with Crippen molar-refractivity contribution in [2.45, 2.75) is 0 Å². The molecule has 2 nitrogen and oxygen atoms in total. The van der Waals surface area contributed by atoms with Crippen LogP contribution in [0.2, 0.25) is 0 Å². The number of nitrogens with zero attached hydrogens (tertiary/aromatic N) is 2. The maximum atomic E-state index is 5.26. The Labute approximate surface area is 434 Å². The molecule has 0 N–H and O–H groups in total. The topological polar surface area (TPSA) is 17.8 Å². The Kier molecular flexibility index (Phi) is 9.93. The van der Waals surface area contributed by atoms with Crippen LogP contribution in [0.5, 0.6) is 0 Å². The lowest BCUT2D eigenvalue weighted by Gasteiger charge is -2.21. The Morgan fingerprint density at radius 2 is 0.600 bits per heavy atom. The van der Waals surface area contributed by atoms with Crippen LogP contribution in [0.15, 0.2) is 279 Å². The Bertz CT molecular complexity index is 4680. The number of hydrogen-bond acceptors (Lipinski definition) is 1. The number of fused-ring (bicyclic) bond motifs is 7. The second kappa shape index (κ2) is 17.4. The van der Waals surface area contributed by atoms with Crippen LogP contribution < -0.4 is 0 Å². The molecule has 2 heteroatoms. The summed E-state index contributed by atoms with van der Waals surface area (Å²) in [4.78, 5) is 5.26. The quantitative estimate of drug-likeness (QED) is 0.146. The molecule has 0 fully saturated rings. The molecule has 0 aliphatic rings. The minimum Gasteiger partial charge on any atom is -0.292 e. The second-order valence-electron chi connectivity index (χ2n) is 19.8. The molecule has 0 aliphatic carbocycles. The summed E-state index contributed by atoms with van der Waals surface area (Å²) in [5.74, 6) is 0.913. The van der Waals surface area contributed by atoms with Gasteiger partial charge in [0.1, 0.15) is 5.82 Å². The van der Waals surface area contributed by atoms with Gasteiger partial charge in [-0.15, -0.1) is 0 Å². The van der Waals surface area contributed by atoms with Gasteiger partial charge in [0.05, 0.1) is 11.0 Å². The summed E-state index contributed by atoms with van der Waals surface area (Å²) < 4.78 is 2.29. The average Bonchev–Trinajstić information content (AvgIpc) is 3.91. The molecule has 0 amide bonds. The summed E-state index contributed by atoms with van der Waals surface area (Å²) >= 11 is 0.